The second kappa shape index (κ2) is 7.51. The minimum atomic E-state index is -3.80. The van der Waals surface area contributed by atoms with Gasteiger partial charge in [-0.1, -0.05) is 36.7 Å². The summed E-state index contributed by atoms with van der Waals surface area (Å²) in [4.78, 5) is 4.67. The molecule has 2 aromatic heterocycles. The summed E-state index contributed by atoms with van der Waals surface area (Å²) in [5.74, 6) is 0.943. The van der Waals surface area contributed by atoms with E-state index in [0.717, 1.165) is 23.4 Å². The van der Waals surface area contributed by atoms with Gasteiger partial charge in [-0.3, -0.25) is 4.40 Å². The fraction of sp³-hybridized carbons (Fsp3) is 0.0952. The molecule has 0 saturated carbocycles. The Kier molecular flexibility index (Phi) is 5.04. The van der Waals surface area contributed by atoms with Crippen LogP contribution in [0.15, 0.2) is 71.8 Å². The number of benzene rings is 2. The molecule has 0 aliphatic heterocycles. The number of hydrogen-bond acceptors (Lipinski definition) is 4. The average Bonchev–Trinajstić information content (AvgIpc) is 3.08. The summed E-state index contributed by atoms with van der Waals surface area (Å²) >= 11 is 6.31. The Labute approximate surface area is 173 Å². The molecule has 0 aliphatic carbocycles. The van der Waals surface area contributed by atoms with Gasteiger partial charge in [-0.15, -0.1) is 0 Å². The molecule has 4 aromatic rings. The summed E-state index contributed by atoms with van der Waals surface area (Å²) < 4.78 is 31.0. The largest absolute Gasteiger partial charge is 0.457 e. The van der Waals surface area contributed by atoms with Gasteiger partial charge in [-0.05, 0) is 42.8 Å². The van der Waals surface area contributed by atoms with E-state index in [0.29, 0.717) is 22.2 Å². The second-order valence-corrected chi connectivity index (χ2v) is 8.43. The minimum absolute atomic E-state index is 0.00384. The van der Waals surface area contributed by atoms with Crippen LogP contribution in [0.25, 0.3) is 16.9 Å². The Morgan fingerprint density at radius 1 is 1.07 bits per heavy atom. The number of primary sulfonamides is 1. The first-order chi connectivity index (χ1) is 13.9. The first kappa shape index (κ1) is 19.4. The number of rotatable bonds is 5. The number of ether oxygens (including phenoxy) is 1. The number of nitrogens with two attached hydrogens (primary N) is 1. The van der Waals surface area contributed by atoms with E-state index >= 15 is 0 Å². The predicted molar refractivity (Wildman–Crippen MR) is 113 cm³/mol. The smallest absolute Gasteiger partial charge is 0.238 e. The summed E-state index contributed by atoms with van der Waals surface area (Å²) in [5.41, 5.74) is 3.48. The normalized spacial score (nSPS) is 11.7. The van der Waals surface area contributed by atoms with Gasteiger partial charge >= 0.3 is 0 Å². The lowest BCUT2D eigenvalue weighted by molar-refractivity contribution is 0.481. The van der Waals surface area contributed by atoms with Gasteiger partial charge < -0.3 is 4.74 Å². The van der Waals surface area contributed by atoms with Gasteiger partial charge in [0.1, 0.15) is 11.5 Å². The molecular weight excluding hydrogens is 410 g/mol. The molecule has 4 rings (SSSR count). The highest BCUT2D eigenvalue weighted by Crippen LogP contribution is 2.32. The number of nitrogens with zero attached hydrogens (tertiary/aromatic N) is 2. The molecule has 0 saturated heterocycles. The van der Waals surface area contributed by atoms with Crippen LogP contribution in [0.3, 0.4) is 0 Å². The van der Waals surface area contributed by atoms with Gasteiger partial charge in [-0.2, -0.15) is 0 Å². The van der Waals surface area contributed by atoms with Crippen molar-refractivity contribution in [3.63, 3.8) is 0 Å². The van der Waals surface area contributed by atoms with Crippen LogP contribution in [0.5, 0.6) is 11.5 Å². The molecule has 2 aromatic carbocycles. The van der Waals surface area contributed by atoms with E-state index in [2.05, 4.69) is 4.98 Å². The Morgan fingerprint density at radius 3 is 2.52 bits per heavy atom. The number of aromatic nitrogens is 2. The number of halogens is 1. The van der Waals surface area contributed by atoms with Gasteiger partial charge in [0.05, 0.1) is 21.3 Å². The number of imidazole rings is 1. The summed E-state index contributed by atoms with van der Waals surface area (Å²) in [7, 11) is -3.80. The molecular formula is C21H18ClN3O3S. The van der Waals surface area contributed by atoms with Gasteiger partial charge in [0, 0.05) is 17.8 Å². The van der Waals surface area contributed by atoms with Crippen molar-refractivity contribution in [1.29, 1.82) is 0 Å². The standard InChI is InChI=1S/C21H18ClN3O3S/c1-2-19-20(25-11-5-10-18(22)21(25)24-19)14-6-3-7-15(12-14)28-16-8-4-9-17(13-16)29(23,26)27/h3-13H,2H2,1H3,(H2,23,26,27). The first-order valence-electron chi connectivity index (χ1n) is 8.93. The zero-order valence-corrected chi connectivity index (χ0v) is 17.1. The molecule has 0 spiro atoms. The fourth-order valence-electron chi connectivity index (χ4n) is 3.19. The topological polar surface area (TPSA) is 86.7 Å². The van der Waals surface area contributed by atoms with Crippen LogP contribution < -0.4 is 9.88 Å². The molecule has 0 aliphatic rings. The lowest BCUT2D eigenvalue weighted by Crippen LogP contribution is -2.11. The molecule has 0 radical (unpaired) electrons. The van der Waals surface area contributed by atoms with Crippen molar-refractivity contribution >= 4 is 27.3 Å². The summed E-state index contributed by atoms with van der Waals surface area (Å²) in [6.07, 6.45) is 2.67. The SMILES string of the molecule is CCc1nc2c(Cl)cccn2c1-c1cccc(Oc2cccc(S(N)(=O)=O)c2)c1. The van der Waals surface area contributed by atoms with E-state index < -0.39 is 10.0 Å². The quantitative estimate of drug-likeness (QED) is 0.502. The Balaban J connectivity index is 1.76. The lowest BCUT2D eigenvalue weighted by atomic mass is 10.1. The van der Waals surface area contributed by atoms with E-state index in [1.165, 1.54) is 12.1 Å². The maximum absolute atomic E-state index is 11.6. The van der Waals surface area contributed by atoms with Crippen LogP contribution in [0.4, 0.5) is 0 Å². The Bertz CT molecular complexity index is 1320. The monoisotopic (exact) mass is 427 g/mol. The van der Waals surface area contributed by atoms with Crippen molar-refractivity contribution in [2.45, 2.75) is 18.2 Å². The van der Waals surface area contributed by atoms with Crippen LogP contribution in [-0.4, -0.2) is 17.8 Å². The molecule has 0 atom stereocenters. The molecule has 0 unspecified atom stereocenters. The molecule has 29 heavy (non-hydrogen) atoms. The third-order valence-electron chi connectivity index (χ3n) is 4.49. The number of fused-ring (bicyclic) bond motifs is 1. The molecule has 0 amide bonds. The van der Waals surface area contributed by atoms with Crippen molar-refractivity contribution < 1.29 is 13.2 Å². The molecule has 148 valence electrons. The molecule has 6 nitrogen and oxygen atoms in total. The zero-order valence-electron chi connectivity index (χ0n) is 15.5. The third-order valence-corrected chi connectivity index (χ3v) is 5.69. The maximum Gasteiger partial charge on any atom is 0.238 e. The van der Waals surface area contributed by atoms with Crippen molar-refractivity contribution in [1.82, 2.24) is 9.38 Å². The van der Waals surface area contributed by atoms with Crippen molar-refractivity contribution in [3.05, 3.63) is 77.6 Å². The number of pyridine rings is 1. The molecule has 0 bridgehead atoms. The molecule has 0 fully saturated rings. The van der Waals surface area contributed by atoms with Gasteiger partial charge in [-0.25, -0.2) is 18.5 Å². The Morgan fingerprint density at radius 2 is 1.79 bits per heavy atom. The van der Waals surface area contributed by atoms with Gasteiger partial charge in [0.25, 0.3) is 0 Å². The molecule has 2 heterocycles. The zero-order chi connectivity index (χ0) is 20.6. The second-order valence-electron chi connectivity index (χ2n) is 6.46. The van der Waals surface area contributed by atoms with E-state index in [-0.39, 0.29) is 4.90 Å². The van der Waals surface area contributed by atoms with Gasteiger partial charge in [0.15, 0.2) is 5.65 Å². The van der Waals surface area contributed by atoms with Crippen LogP contribution in [0, 0.1) is 0 Å². The van der Waals surface area contributed by atoms with Crippen LogP contribution in [-0.2, 0) is 16.4 Å². The van der Waals surface area contributed by atoms with Crippen LogP contribution in [0.2, 0.25) is 5.02 Å². The minimum Gasteiger partial charge on any atom is -0.457 e. The van der Waals surface area contributed by atoms with Crippen molar-refractivity contribution in [2.24, 2.45) is 5.14 Å². The average molecular weight is 428 g/mol. The predicted octanol–water partition coefficient (Wildman–Crippen LogP) is 4.66. The first-order valence-corrected chi connectivity index (χ1v) is 10.9. The van der Waals surface area contributed by atoms with Crippen LogP contribution in [0.1, 0.15) is 12.6 Å². The number of aryl methyl sites for hydroxylation is 1. The number of sulfonamides is 1. The van der Waals surface area contributed by atoms with Crippen molar-refractivity contribution in [2.75, 3.05) is 0 Å². The highest BCUT2D eigenvalue weighted by molar-refractivity contribution is 7.89. The summed E-state index contributed by atoms with van der Waals surface area (Å²) in [5, 5.41) is 5.78. The lowest BCUT2D eigenvalue weighted by Gasteiger charge is -2.10. The number of hydrogen-bond donors (Lipinski definition) is 1. The third kappa shape index (κ3) is 3.85. The van der Waals surface area contributed by atoms with Crippen LogP contribution >= 0.6 is 11.6 Å². The van der Waals surface area contributed by atoms with Crippen molar-refractivity contribution in [3.8, 4) is 22.8 Å². The summed E-state index contributed by atoms with van der Waals surface area (Å²) in [6, 6.07) is 17.3. The molecule has 2 N–H and O–H groups in total. The fourth-order valence-corrected chi connectivity index (χ4v) is 3.95. The maximum atomic E-state index is 11.6. The highest BCUT2D eigenvalue weighted by Gasteiger charge is 2.15. The molecule has 8 heteroatoms. The van der Waals surface area contributed by atoms with E-state index in [4.69, 9.17) is 21.5 Å². The van der Waals surface area contributed by atoms with Gasteiger partial charge in [0.2, 0.25) is 10.0 Å². The highest BCUT2D eigenvalue weighted by atomic mass is 35.5. The van der Waals surface area contributed by atoms with E-state index in [1.807, 2.05) is 47.9 Å². The Hall–Kier alpha value is -2.87. The van der Waals surface area contributed by atoms with E-state index in [1.54, 1.807) is 18.2 Å². The summed E-state index contributed by atoms with van der Waals surface area (Å²) in [6.45, 7) is 2.04. The van der Waals surface area contributed by atoms with E-state index in [9.17, 15) is 8.42 Å².